The van der Waals surface area contributed by atoms with Crippen molar-refractivity contribution in [3.63, 3.8) is 0 Å². The van der Waals surface area contributed by atoms with Crippen LogP contribution in [0.1, 0.15) is 155 Å². The van der Waals surface area contributed by atoms with Crippen molar-refractivity contribution in [3.8, 4) is 0 Å². The van der Waals surface area contributed by atoms with Crippen molar-refractivity contribution in [2.45, 2.75) is 167 Å². The first-order valence-electron chi connectivity index (χ1n) is 19.0. The summed E-state index contributed by atoms with van der Waals surface area (Å²) in [5.41, 5.74) is 0. The Morgan fingerprint density at radius 3 is 1.84 bits per heavy atom. The molecular formula is C40H68N2O7. The van der Waals surface area contributed by atoms with Gasteiger partial charge in [-0.25, -0.2) is 4.79 Å². The van der Waals surface area contributed by atoms with Crippen LogP contribution in [0.15, 0.2) is 48.6 Å². The lowest BCUT2D eigenvalue weighted by Crippen LogP contribution is -2.47. The van der Waals surface area contributed by atoms with Crippen LogP contribution >= 0.6 is 0 Å². The number of aliphatic hydroxyl groups excluding tert-OH is 1. The van der Waals surface area contributed by atoms with Gasteiger partial charge in [0.15, 0.2) is 0 Å². The van der Waals surface area contributed by atoms with Gasteiger partial charge in [-0.2, -0.15) is 0 Å². The Morgan fingerprint density at radius 1 is 0.633 bits per heavy atom. The average molecular weight is 689 g/mol. The van der Waals surface area contributed by atoms with Gasteiger partial charge in [0.1, 0.15) is 12.1 Å². The summed E-state index contributed by atoms with van der Waals surface area (Å²) in [6.07, 6.45) is 38.6. The van der Waals surface area contributed by atoms with Crippen LogP contribution in [0.3, 0.4) is 0 Å². The van der Waals surface area contributed by atoms with Gasteiger partial charge in [-0.15, -0.1) is 0 Å². The molecule has 0 aliphatic rings. The first-order valence-corrected chi connectivity index (χ1v) is 19.0. The topological polar surface area (TPSA) is 142 Å². The van der Waals surface area contributed by atoms with Crippen LogP contribution < -0.4 is 10.6 Å². The zero-order valence-electron chi connectivity index (χ0n) is 30.7. The third kappa shape index (κ3) is 31.8. The number of aliphatic hydroxyl groups is 1. The van der Waals surface area contributed by atoms with E-state index in [1.54, 1.807) is 0 Å². The van der Waals surface area contributed by atoms with E-state index in [2.05, 4.69) is 67.0 Å². The molecule has 2 amide bonds. The summed E-state index contributed by atoms with van der Waals surface area (Å²) in [5, 5.41) is 22.5. The van der Waals surface area contributed by atoms with Crippen LogP contribution in [-0.4, -0.2) is 59.3 Å². The molecule has 0 spiro atoms. The molecule has 0 aromatic rings. The van der Waals surface area contributed by atoms with Crippen molar-refractivity contribution >= 4 is 23.8 Å². The molecule has 0 bridgehead atoms. The van der Waals surface area contributed by atoms with Crippen molar-refractivity contribution in [2.24, 2.45) is 0 Å². The first-order chi connectivity index (χ1) is 23.8. The molecule has 2 unspecified atom stereocenters. The van der Waals surface area contributed by atoms with Crippen LogP contribution in [0.2, 0.25) is 0 Å². The number of aliphatic carboxylic acids is 1. The molecule has 0 saturated carbocycles. The monoisotopic (exact) mass is 689 g/mol. The molecule has 9 heteroatoms. The molecule has 2 atom stereocenters. The summed E-state index contributed by atoms with van der Waals surface area (Å²) >= 11 is 0. The number of esters is 1. The van der Waals surface area contributed by atoms with Gasteiger partial charge in [0.2, 0.25) is 11.8 Å². The molecule has 0 rings (SSSR count). The van der Waals surface area contributed by atoms with E-state index in [-0.39, 0.29) is 30.9 Å². The summed E-state index contributed by atoms with van der Waals surface area (Å²) in [6.45, 7) is 3.34. The lowest BCUT2D eigenvalue weighted by atomic mass is 10.1. The Balaban J connectivity index is 4.42. The lowest BCUT2D eigenvalue weighted by Gasteiger charge is -2.15. The van der Waals surface area contributed by atoms with Crippen molar-refractivity contribution in [3.05, 3.63) is 48.6 Å². The maximum Gasteiger partial charge on any atom is 0.328 e. The Bertz CT molecular complexity index is 974. The molecule has 0 fully saturated rings. The number of carbonyl (C=O) groups is 4. The normalized spacial score (nSPS) is 13.0. The Kier molecular flexibility index (Phi) is 32.4. The van der Waals surface area contributed by atoms with Gasteiger partial charge >= 0.3 is 11.9 Å². The molecule has 0 aliphatic carbocycles. The maximum atomic E-state index is 12.6. The lowest BCUT2D eigenvalue weighted by molar-refractivity contribution is -0.147. The van der Waals surface area contributed by atoms with E-state index >= 15 is 0 Å². The maximum absolute atomic E-state index is 12.6. The number of carboxylic acids is 1. The van der Waals surface area contributed by atoms with Crippen LogP contribution in [0.25, 0.3) is 0 Å². The van der Waals surface area contributed by atoms with Crippen molar-refractivity contribution in [2.75, 3.05) is 13.2 Å². The Labute approximate surface area is 297 Å². The fourth-order valence-electron chi connectivity index (χ4n) is 5.05. The van der Waals surface area contributed by atoms with Crippen LogP contribution in [0, 0.1) is 0 Å². The number of hydrogen-bond donors (Lipinski definition) is 4. The SMILES string of the molecule is CCC/C=C\C/C=C\CCCCCCCC(=O)OC(/C=C\C/C=C\CCCCCC)CCCCCCC(=O)NCC(=O)NC(CO)C(=O)O. The third-order valence-corrected chi connectivity index (χ3v) is 8.01. The number of carbonyl (C=O) groups excluding carboxylic acids is 3. The Hall–Kier alpha value is -3.20. The highest BCUT2D eigenvalue weighted by Crippen LogP contribution is 2.14. The molecule has 49 heavy (non-hydrogen) atoms. The average Bonchev–Trinajstić information content (AvgIpc) is 3.08. The predicted molar refractivity (Wildman–Crippen MR) is 199 cm³/mol. The van der Waals surface area contributed by atoms with Crippen LogP contribution in [0.4, 0.5) is 0 Å². The molecule has 0 radical (unpaired) electrons. The first kappa shape index (κ1) is 45.8. The molecule has 0 aliphatic heterocycles. The number of hydrogen-bond acceptors (Lipinski definition) is 6. The third-order valence-electron chi connectivity index (χ3n) is 8.01. The molecule has 9 nitrogen and oxygen atoms in total. The van der Waals surface area contributed by atoms with Crippen molar-refractivity contribution in [1.29, 1.82) is 0 Å². The van der Waals surface area contributed by atoms with Crippen LogP contribution in [-0.2, 0) is 23.9 Å². The zero-order chi connectivity index (χ0) is 36.2. The van der Waals surface area contributed by atoms with Gasteiger partial charge in [0, 0.05) is 12.8 Å². The minimum Gasteiger partial charge on any atom is -0.480 e. The molecule has 0 aromatic carbocycles. The van der Waals surface area contributed by atoms with Gasteiger partial charge in [0.25, 0.3) is 0 Å². The second-order valence-corrected chi connectivity index (χ2v) is 12.7. The van der Waals surface area contributed by atoms with E-state index in [1.807, 2.05) is 6.08 Å². The second-order valence-electron chi connectivity index (χ2n) is 12.7. The van der Waals surface area contributed by atoms with Gasteiger partial charge in [0.05, 0.1) is 13.2 Å². The minimum absolute atomic E-state index is 0.144. The number of carboxylic acid groups (broad SMARTS) is 1. The molecule has 280 valence electrons. The summed E-state index contributed by atoms with van der Waals surface area (Å²) < 4.78 is 5.86. The molecular weight excluding hydrogens is 620 g/mol. The van der Waals surface area contributed by atoms with E-state index in [1.165, 1.54) is 44.9 Å². The number of ether oxygens (including phenoxy) is 1. The second kappa shape index (κ2) is 34.7. The van der Waals surface area contributed by atoms with Crippen molar-refractivity contribution in [1.82, 2.24) is 10.6 Å². The quantitative estimate of drug-likeness (QED) is 0.0308. The smallest absolute Gasteiger partial charge is 0.328 e. The van der Waals surface area contributed by atoms with E-state index in [0.717, 1.165) is 77.0 Å². The number of nitrogens with one attached hydrogen (secondary N) is 2. The minimum atomic E-state index is -1.39. The number of amides is 2. The number of unbranched alkanes of at least 4 members (excludes halogenated alkanes) is 13. The molecule has 0 saturated heterocycles. The Morgan fingerprint density at radius 2 is 1.20 bits per heavy atom. The van der Waals surface area contributed by atoms with Gasteiger partial charge in [-0.3, -0.25) is 14.4 Å². The number of allylic oxidation sites excluding steroid dienone is 7. The van der Waals surface area contributed by atoms with Gasteiger partial charge < -0.3 is 25.6 Å². The summed E-state index contributed by atoms with van der Waals surface area (Å²) in [6, 6.07) is -1.39. The molecule has 0 heterocycles. The molecule has 4 N–H and O–H groups in total. The molecule has 0 aromatic heterocycles. The van der Waals surface area contributed by atoms with Crippen LogP contribution in [0.5, 0.6) is 0 Å². The summed E-state index contributed by atoms with van der Waals surface area (Å²) in [4.78, 5) is 47.4. The number of rotatable bonds is 33. The summed E-state index contributed by atoms with van der Waals surface area (Å²) in [7, 11) is 0. The van der Waals surface area contributed by atoms with E-state index in [0.29, 0.717) is 12.8 Å². The fraction of sp³-hybridized carbons (Fsp3) is 0.700. The highest BCUT2D eigenvalue weighted by Gasteiger charge is 2.18. The highest BCUT2D eigenvalue weighted by molar-refractivity contribution is 5.87. The van der Waals surface area contributed by atoms with E-state index < -0.39 is 24.5 Å². The van der Waals surface area contributed by atoms with E-state index in [4.69, 9.17) is 14.9 Å². The fourth-order valence-corrected chi connectivity index (χ4v) is 5.05. The summed E-state index contributed by atoms with van der Waals surface area (Å²) in [5.74, 6) is -2.45. The zero-order valence-corrected chi connectivity index (χ0v) is 30.7. The standard InChI is InChI=1S/C40H68N2O7/c1-3-5-7-9-11-13-14-15-16-18-20-22-28-32-39(46)49-35(29-25-21-19-17-12-10-8-6-4-2)30-26-23-24-27-31-37(44)41-33-38(45)42-36(34-43)40(47)48/h7,9,13-14,17,19,25,29,35-36,43H,3-6,8,10-12,15-16,18,20-24,26-28,30-34H2,1-2H3,(H,41,44)(H,42,45)(H,47,48)/b9-7-,14-13-,19-17-,29-25-. The van der Waals surface area contributed by atoms with Gasteiger partial charge in [-0.1, -0.05) is 114 Å². The van der Waals surface area contributed by atoms with Crippen molar-refractivity contribution < 1.29 is 34.1 Å². The van der Waals surface area contributed by atoms with E-state index in [9.17, 15) is 19.2 Å². The largest absolute Gasteiger partial charge is 0.480 e. The predicted octanol–water partition coefficient (Wildman–Crippen LogP) is 8.42. The highest BCUT2D eigenvalue weighted by atomic mass is 16.5. The van der Waals surface area contributed by atoms with Gasteiger partial charge in [-0.05, 0) is 76.7 Å².